The molecule has 3 aromatic rings. The number of unbranched alkanes of at least 4 members (excludes halogenated alkanes) is 1. The first-order chi connectivity index (χ1) is 17.4. The lowest BCUT2D eigenvalue weighted by atomic mass is 9.82. The van der Waals surface area contributed by atoms with Gasteiger partial charge < -0.3 is 20.1 Å². The zero-order valence-corrected chi connectivity index (χ0v) is 21.3. The molecule has 3 aromatic carbocycles. The van der Waals surface area contributed by atoms with E-state index in [4.69, 9.17) is 21.1 Å². The number of amides is 1. The molecule has 0 aromatic heterocycles. The highest BCUT2D eigenvalue weighted by Crippen LogP contribution is 2.52. The maximum absolute atomic E-state index is 15.8. The smallest absolute Gasteiger partial charge is 0.251 e. The van der Waals surface area contributed by atoms with E-state index in [1.807, 2.05) is 37.4 Å². The number of nitrogens with one attached hydrogen (secondary N) is 2. The molecule has 1 aliphatic rings. The molecule has 36 heavy (non-hydrogen) atoms. The van der Waals surface area contributed by atoms with Crippen molar-refractivity contribution in [1.29, 1.82) is 0 Å². The molecule has 0 saturated carbocycles. The summed E-state index contributed by atoms with van der Waals surface area (Å²) in [5.74, 6) is -1.86. The minimum absolute atomic E-state index is 0.0248. The van der Waals surface area contributed by atoms with Crippen LogP contribution in [0.1, 0.15) is 40.7 Å². The van der Waals surface area contributed by atoms with Gasteiger partial charge in [-0.2, -0.15) is 0 Å². The third-order valence-corrected chi connectivity index (χ3v) is 7.03. The maximum atomic E-state index is 15.8. The summed E-state index contributed by atoms with van der Waals surface area (Å²) in [6, 6.07) is 13.8. The van der Waals surface area contributed by atoms with Crippen molar-refractivity contribution in [2.45, 2.75) is 31.3 Å². The zero-order chi connectivity index (χ0) is 25.9. The molecule has 1 heterocycles. The highest BCUT2D eigenvalue weighted by Gasteiger charge is 2.43. The minimum Gasteiger partial charge on any atom is -0.494 e. The van der Waals surface area contributed by atoms with Gasteiger partial charge in [0.1, 0.15) is 17.2 Å². The molecular formula is C28H29ClF2N2O3. The van der Waals surface area contributed by atoms with Gasteiger partial charge in [0.25, 0.3) is 5.91 Å². The monoisotopic (exact) mass is 514 g/mol. The van der Waals surface area contributed by atoms with Crippen molar-refractivity contribution in [3.63, 3.8) is 0 Å². The van der Waals surface area contributed by atoms with Crippen molar-refractivity contribution in [3.05, 3.63) is 81.9 Å². The Morgan fingerprint density at radius 1 is 1.11 bits per heavy atom. The van der Waals surface area contributed by atoms with E-state index in [1.165, 1.54) is 32.4 Å². The molecule has 0 saturated heterocycles. The number of ether oxygens (including phenoxy) is 2. The van der Waals surface area contributed by atoms with Gasteiger partial charge in [0.2, 0.25) is 0 Å². The van der Waals surface area contributed by atoms with Crippen molar-refractivity contribution in [2.75, 3.05) is 27.7 Å². The second-order valence-corrected chi connectivity index (χ2v) is 9.19. The van der Waals surface area contributed by atoms with E-state index in [0.717, 1.165) is 24.9 Å². The minimum atomic E-state index is -0.792. The van der Waals surface area contributed by atoms with Crippen LogP contribution in [0.3, 0.4) is 0 Å². The number of benzene rings is 3. The average molecular weight is 515 g/mol. The summed E-state index contributed by atoms with van der Waals surface area (Å²) in [7, 11) is 4.67. The summed E-state index contributed by atoms with van der Waals surface area (Å²) in [4.78, 5) is 12.7. The zero-order valence-electron chi connectivity index (χ0n) is 20.5. The summed E-state index contributed by atoms with van der Waals surface area (Å²) < 4.78 is 42.6. The summed E-state index contributed by atoms with van der Waals surface area (Å²) in [5, 5.41) is 5.40. The number of carbonyl (C=O) groups excluding carboxylic acids is 1. The van der Waals surface area contributed by atoms with Gasteiger partial charge in [-0.1, -0.05) is 41.9 Å². The van der Waals surface area contributed by atoms with Crippen LogP contribution >= 0.6 is 11.6 Å². The van der Waals surface area contributed by atoms with E-state index >= 15 is 8.78 Å². The lowest BCUT2D eigenvalue weighted by Crippen LogP contribution is -2.31. The van der Waals surface area contributed by atoms with Gasteiger partial charge in [0.15, 0.2) is 11.6 Å². The Kier molecular flexibility index (Phi) is 7.81. The summed E-state index contributed by atoms with van der Waals surface area (Å²) in [5.41, 5.74) is 0.719. The third-order valence-electron chi connectivity index (χ3n) is 6.66. The number of hydrogen-bond acceptors (Lipinski definition) is 4. The van der Waals surface area contributed by atoms with Crippen molar-refractivity contribution in [2.24, 2.45) is 0 Å². The average Bonchev–Trinajstić information content (AvgIpc) is 3.26. The number of carbonyl (C=O) groups is 1. The van der Waals surface area contributed by atoms with Crippen molar-refractivity contribution >= 4 is 17.5 Å². The molecule has 1 amide bonds. The van der Waals surface area contributed by atoms with Crippen LogP contribution < -0.4 is 20.1 Å². The van der Waals surface area contributed by atoms with Crippen LogP contribution in [0.25, 0.3) is 11.1 Å². The maximum Gasteiger partial charge on any atom is 0.251 e. The first kappa shape index (κ1) is 25.9. The molecule has 1 aliphatic heterocycles. The van der Waals surface area contributed by atoms with E-state index in [2.05, 4.69) is 10.6 Å². The fraction of sp³-hybridized carbons (Fsp3) is 0.321. The van der Waals surface area contributed by atoms with Crippen molar-refractivity contribution in [1.82, 2.24) is 10.6 Å². The quantitative estimate of drug-likeness (QED) is 0.350. The fourth-order valence-electron chi connectivity index (χ4n) is 4.88. The fourth-order valence-corrected chi connectivity index (χ4v) is 5.14. The van der Waals surface area contributed by atoms with Gasteiger partial charge in [0.05, 0.1) is 17.7 Å². The SMILES string of the molecule is CNCCCC[C@@]1(c2ccccc2)Cc2c(cc(F)c(Cl)c2-c2c(C(=O)NC)ccc(OC)c2F)O1. The molecule has 1 atom stereocenters. The third kappa shape index (κ3) is 4.65. The van der Waals surface area contributed by atoms with E-state index in [0.29, 0.717) is 18.4 Å². The highest BCUT2D eigenvalue weighted by atomic mass is 35.5. The summed E-state index contributed by atoms with van der Waals surface area (Å²) >= 11 is 6.51. The van der Waals surface area contributed by atoms with Crippen LogP contribution in [0, 0.1) is 11.6 Å². The van der Waals surface area contributed by atoms with Gasteiger partial charge in [-0.15, -0.1) is 0 Å². The van der Waals surface area contributed by atoms with Gasteiger partial charge >= 0.3 is 0 Å². The van der Waals surface area contributed by atoms with Crippen molar-refractivity contribution < 1.29 is 23.0 Å². The lowest BCUT2D eigenvalue weighted by Gasteiger charge is -2.29. The largest absolute Gasteiger partial charge is 0.494 e. The summed E-state index contributed by atoms with van der Waals surface area (Å²) in [6.45, 7) is 0.855. The van der Waals surface area contributed by atoms with E-state index in [9.17, 15) is 4.79 Å². The molecule has 0 spiro atoms. The van der Waals surface area contributed by atoms with Gasteiger partial charge in [-0.25, -0.2) is 8.78 Å². The molecule has 2 N–H and O–H groups in total. The predicted octanol–water partition coefficient (Wildman–Crippen LogP) is 5.87. The predicted molar refractivity (Wildman–Crippen MR) is 137 cm³/mol. The molecule has 4 rings (SSSR count). The molecule has 0 bridgehead atoms. The molecule has 0 unspecified atom stereocenters. The van der Waals surface area contributed by atoms with E-state index < -0.39 is 23.1 Å². The number of methoxy groups -OCH3 is 1. The normalized spacial score (nSPS) is 16.4. The Bertz CT molecular complexity index is 1270. The van der Waals surface area contributed by atoms with Crippen LogP contribution in [0.15, 0.2) is 48.5 Å². The molecule has 190 valence electrons. The van der Waals surface area contributed by atoms with Crippen LogP contribution in [0.4, 0.5) is 8.78 Å². The van der Waals surface area contributed by atoms with Crippen molar-refractivity contribution in [3.8, 4) is 22.6 Å². The number of hydrogen-bond donors (Lipinski definition) is 2. The highest BCUT2D eigenvalue weighted by molar-refractivity contribution is 6.34. The van der Waals surface area contributed by atoms with Crippen LogP contribution in [-0.2, 0) is 12.0 Å². The number of rotatable bonds is 9. The van der Waals surface area contributed by atoms with Crippen LogP contribution in [-0.4, -0.2) is 33.7 Å². The Morgan fingerprint density at radius 3 is 2.53 bits per heavy atom. The first-order valence-corrected chi connectivity index (χ1v) is 12.2. The lowest BCUT2D eigenvalue weighted by molar-refractivity contribution is 0.0791. The topological polar surface area (TPSA) is 59.6 Å². The molecule has 5 nitrogen and oxygen atoms in total. The first-order valence-electron chi connectivity index (χ1n) is 11.9. The number of fused-ring (bicyclic) bond motifs is 1. The standard InChI is InChI=1S/C28H29ClF2N2O3/c1-32-14-8-7-13-28(17-9-5-4-6-10-17)16-19-22(36-28)15-20(30)25(29)23(19)24-18(27(34)33-2)11-12-21(35-3)26(24)31/h4-6,9-12,15,32H,7-8,13-14,16H2,1-3H3,(H,33,34)/t28-/m0/s1. The molecule has 0 fully saturated rings. The Morgan fingerprint density at radius 2 is 1.86 bits per heavy atom. The molecular weight excluding hydrogens is 486 g/mol. The van der Waals surface area contributed by atoms with Crippen LogP contribution in [0.5, 0.6) is 11.5 Å². The van der Waals surface area contributed by atoms with Gasteiger partial charge in [0, 0.05) is 36.2 Å². The van der Waals surface area contributed by atoms with Gasteiger partial charge in [-0.05, 0) is 50.6 Å². The number of halogens is 3. The van der Waals surface area contributed by atoms with E-state index in [-0.39, 0.29) is 33.2 Å². The Hall–Kier alpha value is -3.16. The van der Waals surface area contributed by atoms with E-state index in [1.54, 1.807) is 0 Å². The van der Waals surface area contributed by atoms with Crippen LogP contribution in [0.2, 0.25) is 5.02 Å². The van der Waals surface area contributed by atoms with Gasteiger partial charge in [-0.3, -0.25) is 4.79 Å². The molecule has 0 aliphatic carbocycles. The Labute approximate surface area is 214 Å². The second-order valence-electron chi connectivity index (χ2n) is 8.81. The molecule has 0 radical (unpaired) electrons. The second kappa shape index (κ2) is 10.8. The Balaban J connectivity index is 1.92. The molecule has 8 heteroatoms. The summed E-state index contributed by atoms with van der Waals surface area (Å²) in [6.07, 6.45) is 2.78.